The van der Waals surface area contributed by atoms with Crippen LogP contribution < -0.4 is 5.32 Å². The van der Waals surface area contributed by atoms with Crippen LogP contribution in [0.15, 0.2) is 0 Å². The summed E-state index contributed by atoms with van der Waals surface area (Å²) in [5.41, 5.74) is -0.292. The maximum absolute atomic E-state index is 11.5. The normalized spacial score (nSPS) is 13.4. The number of rotatable bonds is 5. The van der Waals surface area contributed by atoms with Gasteiger partial charge in [-0.05, 0) is 33.6 Å². The van der Waals surface area contributed by atoms with Crippen LogP contribution in [0.25, 0.3) is 0 Å². The van der Waals surface area contributed by atoms with E-state index in [2.05, 4.69) is 5.32 Å². The monoisotopic (exact) mass is 219 g/mol. The van der Waals surface area contributed by atoms with Crippen LogP contribution in [-0.4, -0.2) is 23.6 Å². The summed E-state index contributed by atoms with van der Waals surface area (Å²) in [6.45, 7) is 5.65. The minimum absolute atomic E-state index is 0.211. The first-order valence-electron chi connectivity index (χ1n) is 4.74. The Balaban J connectivity index is 4.11. The number of halogens is 1. The van der Waals surface area contributed by atoms with Gasteiger partial charge in [-0.1, -0.05) is 0 Å². The molecule has 0 spiro atoms. The fourth-order valence-corrected chi connectivity index (χ4v) is 1.17. The molecule has 14 heavy (non-hydrogen) atoms. The van der Waals surface area contributed by atoms with E-state index in [9.17, 15) is 9.59 Å². The highest BCUT2D eigenvalue weighted by Gasteiger charge is 2.21. The van der Waals surface area contributed by atoms with Crippen molar-refractivity contribution in [2.45, 2.75) is 39.2 Å². The van der Waals surface area contributed by atoms with Crippen LogP contribution in [0, 0.1) is 5.92 Å². The Hall–Kier alpha value is -0.570. The minimum Gasteiger partial charge on any atom is -0.351 e. The highest BCUT2D eigenvalue weighted by atomic mass is 35.5. The van der Waals surface area contributed by atoms with E-state index in [-0.39, 0.29) is 11.4 Å². The molecule has 0 heterocycles. The van der Waals surface area contributed by atoms with E-state index < -0.39 is 5.92 Å². The fourth-order valence-electron chi connectivity index (χ4n) is 1.02. The average molecular weight is 220 g/mol. The number of nitrogens with one attached hydrogen (secondary N) is 1. The zero-order chi connectivity index (χ0) is 11.2. The van der Waals surface area contributed by atoms with Crippen molar-refractivity contribution in [3.05, 3.63) is 0 Å². The third kappa shape index (κ3) is 5.97. The number of aldehydes is 1. The van der Waals surface area contributed by atoms with E-state index in [1.54, 1.807) is 0 Å². The Kier molecular flexibility index (Phi) is 5.77. The van der Waals surface area contributed by atoms with Crippen LogP contribution >= 0.6 is 11.6 Å². The van der Waals surface area contributed by atoms with Crippen LogP contribution in [0.1, 0.15) is 33.6 Å². The molecule has 4 heteroatoms. The number of amides is 1. The van der Waals surface area contributed by atoms with E-state index in [4.69, 9.17) is 11.6 Å². The second-order valence-electron chi connectivity index (χ2n) is 4.31. The van der Waals surface area contributed by atoms with Crippen molar-refractivity contribution in [3.8, 4) is 0 Å². The molecule has 0 aromatic heterocycles. The van der Waals surface area contributed by atoms with Crippen molar-refractivity contribution >= 4 is 23.8 Å². The van der Waals surface area contributed by atoms with Crippen molar-refractivity contribution in [2.24, 2.45) is 5.92 Å². The van der Waals surface area contributed by atoms with Crippen LogP contribution in [0.3, 0.4) is 0 Å². The molecule has 0 saturated heterocycles. The first-order chi connectivity index (χ1) is 6.40. The molecule has 0 aliphatic carbocycles. The van der Waals surface area contributed by atoms with Gasteiger partial charge < -0.3 is 10.1 Å². The lowest BCUT2D eigenvalue weighted by molar-refractivity contribution is -0.130. The van der Waals surface area contributed by atoms with E-state index >= 15 is 0 Å². The Labute approximate surface area is 90.2 Å². The molecule has 0 rings (SSSR count). The minimum atomic E-state index is -0.562. The van der Waals surface area contributed by atoms with E-state index in [1.165, 1.54) is 0 Å². The van der Waals surface area contributed by atoms with Gasteiger partial charge in [0.1, 0.15) is 6.29 Å². The molecular formula is C10H18ClNO2. The summed E-state index contributed by atoms with van der Waals surface area (Å²) in [5, 5.41) is 2.77. The lowest BCUT2D eigenvalue weighted by Gasteiger charge is -2.22. The van der Waals surface area contributed by atoms with Gasteiger partial charge in [0.2, 0.25) is 5.91 Å². The fraction of sp³-hybridized carbons (Fsp3) is 0.800. The molecule has 0 aromatic rings. The van der Waals surface area contributed by atoms with E-state index in [0.29, 0.717) is 25.0 Å². The van der Waals surface area contributed by atoms with Gasteiger partial charge in [0.05, 0.1) is 5.92 Å². The quantitative estimate of drug-likeness (QED) is 0.435. The Morgan fingerprint density at radius 1 is 1.50 bits per heavy atom. The summed E-state index contributed by atoms with van der Waals surface area (Å²) >= 11 is 5.49. The molecule has 0 aliphatic heterocycles. The lowest BCUT2D eigenvalue weighted by Crippen LogP contribution is -2.44. The summed E-state index contributed by atoms with van der Waals surface area (Å²) in [4.78, 5) is 22.1. The highest BCUT2D eigenvalue weighted by molar-refractivity contribution is 6.17. The van der Waals surface area contributed by atoms with Crippen molar-refractivity contribution in [3.63, 3.8) is 0 Å². The van der Waals surface area contributed by atoms with Gasteiger partial charge in [0, 0.05) is 11.4 Å². The Morgan fingerprint density at radius 3 is 2.43 bits per heavy atom. The summed E-state index contributed by atoms with van der Waals surface area (Å²) in [5.74, 6) is -0.293. The standard InChI is InChI=1S/C10H18ClNO2/c1-10(2,3)12-9(14)8(7-13)5-4-6-11/h7-8H,4-6H2,1-3H3,(H,12,14)/t8-/m1/s1. The predicted octanol–water partition coefficient (Wildman–Crippen LogP) is 1.74. The van der Waals surface area contributed by atoms with E-state index in [1.807, 2.05) is 20.8 Å². The summed E-state index contributed by atoms with van der Waals surface area (Å²) in [7, 11) is 0. The smallest absolute Gasteiger partial charge is 0.230 e. The molecule has 1 amide bonds. The molecular weight excluding hydrogens is 202 g/mol. The molecule has 82 valence electrons. The Morgan fingerprint density at radius 2 is 2.07 bits per heavy atom. The van der Waals surface area contributed by atoms with Gasteiger partial charge in [-0.15, -0.1) is 11.6 Å². The molecule has 0 aromatic carbocycles. The molecule has 0 aliphatic rings. The van der Waals surface area contributed by atoms with Crippen molar-refractivity contribution in [1.29, 1.82) is 0 Å². The van der Waals surface area contributed by atoms with Crippen LogP contribution in [0.4, 0.5) is 0 Å². The highest BCUT2D eigenvalue weighted by Crippen LogP contribution is 2.08. The van der Waals surface area contributed by atoms with Crippen LogP contribution in [0.5, 0.6) is 0 Å². The Bertz CT molecular complexity index is 199. The number of hydrogen-bond acceptors (Lipinski definition) is 2. The van der Waals surface area contributed by atoms with Gasteiger partial charge in [-0.3, -0.25) is 4.79 Å². The second-order valence-corrected chi connectivity index (χ2v) is 4.69. The molecule has 0 bridgehead atoms. The molecule has 0 fully saturated rings. The molecule has 0 radical (unpaired) electrons. The molecule has 3 nitrogen and oxygen atoms in total. The maximum atomic E-state index is 11.5. The van der Waals surface area contributed by atoms with Gasteiger partial charge in [0.15, 0.2) is 0 Å². The molecule has 0 unspecified atom stereocenters. The maximum Gasteiger partial charge on any atom is 0.230 e. The topological polar surface area (TPSA) is 46.2 Å². The lowest BCUT2D eigenvalue weighted by atomic mass is 10.0. The zero-order valence-electron chi connectivity index (χ0n) is 8.97. The SMILES string of the molecule is CC(C)(C)NC(=O)[C@@H](C=O)CCCCl. The molecule has 1 N–H and O–H groups in total. The zero-order valence-corrected chi connectivity index (χ0v) is 9.73. The number of hydrogen-bond donors (Lipinski definition) is 1. The van der Waals surface area contributed by atoms with Gasteiger partial charge in [-0.2, -0.15) is 0 Å². The van der Waals surface area contributed by atoms with E-state index in [0.717, 1.165) is 0 Å². The number of carbonyl (C=O) groups is 2. The molecule has 1 atom stereocenters. The van der Waals surface area contributed by atoms with Gasteiger partial charge in [0.25, 0.3) is 0 Å². The van der Waals surface area contributed by atoms with Crippen molar-refractivity contribution in [1.82, 2.24) is 5.32 Å². The summed E-state index contributed by atoms with van der Waals surface area (Å²) in [6.07, 6.45) is 1.89. The first kappa shape index (κ1) is 13.4. The van der Waals surface area contributed by atoms with Crippen molar-refractivity contribution in [2.75, 3.05) is 5.88 Å². The van der Waals surface area contributed by atoms with Crippen LogP contribution in [0.2, 0.25) is 0 Å². The predicted molar refractivity (Wildman–Crippen MR) is 57.4 cm³/mol. The average Bonchev–Trinajstić information content (AvgIpc) is 2.02. The second kappa shape index (κ2) is 6.02. The number of carbonyl (C=O) groups excluding carboxylic acids is 2. The third-order valence-corrected chi connectivity index (χ3v) is 1.92. The van der Waals surface area contributed by atoms with Crippen LogP contribution in [-0.2, 0) is 9.59 Å². The third-order valence-electron chi connectivity index (χ3n) is 1.65. The van der Waals surface area contributed by atoms with Gasteiger partial charge >= 0.3 is 0 Å². The largest absolute Gasteiger partial charge is 0.351 e. The van der Waals surface area contributed by atoms with Gasteiger partial charge in [-0.25, -0.2) is 0 Å². The van der Waals surface area contributed by atoms with Crippen molar-refractivity contribution < 1.29 is 9.59 Å². The summed E-state index contributed by atoms with van der Waals surface area (Å²) < 4.78 is 0. The first-order valence-corrected chi connectivity index (χ1v) is 5.27. The number of alkyl halides is 1. The molecule has 0 saturated carbocycles. The summed E-state index contributed by atoms with van der Waals surface area (Å²) in [6, 6.07) is 0.